The molecule has 0 bridgehead atoms. The molecule has 4 N–H and O–H groups in total. The summed E-state index contributed by atoms with van der Waals surface area (Å²) < 4.78 is 0. The molecule has 0 aromatic rings. The van der Waals surface area contributed by atoms with Crippen molar-refractivity contribution in [2.24, 2.45) is 50.2 Å². The molecule has 4 fully saturated rings. The highest BCUT2D eigenvalue weighted by Gasteiger charge is 2.69. The Morgan fingerprint density at radius 3 is 2.12 bits per heavy atom. The summed E-state index contributed by atoms with van der Waals surface area (Å²) in [7, 11) is 0. The zero-order valence-electron chi connectivity index (χ0n) is 22.7. The minimum absolute atomic E-state index is 0.0614. The van der Waals surface area contributed by atoms with Crippen molar-refractivity contribution in [3.8, 4) is 0 Å². The Bertz CT molecular complexity index is 881. The van der Waals surface area contributed by atoms with E-state index in [-0.39, 0.29) is 33.7 Å². The largest absolute Gasteiger partial charge is 0.396 e. The molecule has 0 radical (unpaired) electrons. The van der Waals surface area contributed by atoms with Crippen LogP contribution in [-0.4, -0.2) is 45.3 Å². The monoisotopic (exact) mass is 474 g/mol. The van der Waals surface area contributed by atoms with Crippen LogP contribution in [0.5, 0.6) is 0 Å². The first kappa shape index (κ1) is 25.2. The van der Waals surface area contributed by atoms with Crippen molar-refractivity contribution in [1.82, 2.24) is 0 Å². The van der Waals surface area contributed by atoms with E-state index in [2.05, 4.69) is 54.5 Å². The van der Waals surface area contributed by atoms with Gasteiger partial charge in [-0.15, -0.1) is 0 Å². The number of aliphatic hydroxyl groups is 4. The van der Waals surface area contributed by atoms with Crippen LogP contribution in [0, 0.1) is 50.2 Å². The zero-order valence-corrected chi connectivity index (χ0v) is 22.7. The van der Waals surface area contributed by atoms with Gasteiger partial charge in [-0.1, -0.05) is 60.1 Å². The summed E-state index contributed by atoms with van der Waals surface area (Å²) in [4.78, 5) is 0. The van der Waals surface area contributed by atoms with Crippen molar-refractivity contribution in [2.75, 3.05) is 6.61 Å². The summed E-state index contributed by atoms with van der Waals surface area (Å²) in [6.07, 6.45) is 8.79. The third-order valence-electron chi connectivity index (χ3n) is 13.5. The number of hydrogen-bond acceptors (Lipinski definition) is 4. The van der Waals surface area contributed by atoms with E-state index in [4.69, 9.17) is 0 Å². The van der Waals surface area contributed by atoms with Gasteiger partial charge in [0.2, 0.25) is 0 Å². The molecule has 4 heteroatoms. The number of allylic oxidation sites excluding steroid dienone is 2. The van der Waals surface area contributed by atoms with Crippen molar-refractivity contribution in [1.29, 1.82) is 0 Å². The Balaban J connectivity index is 1.58. The van der Waals surface area contributed by atoms with Crippen LogP contribution in [0.25, 0.3) is 0 Å². The van der Waals surface area contributed by atoms with E-state index in [1.165, 1.54) is 0 Å². The molecule has 5 rings (SSSR count). The Kier molecular flexibility index (Phi) is 5.44. The third kappa shape index (κ3) is 2.81. The number of hydrogen-bond donors (Lipinski definition) is 4. The van der Waals surface area contributed by atoms with Crippen molar-refractivity contribution in [3.05, 3.63) is 11.6 Å². The van der Waals surface area contributed by atoms with Gasteiger partial charge in [-0.2, -0.15) is 0 Å². The molecule has 0 saturated heterocycles. The first-order chi connectivity index (χ1) is 15.6. The van der Waals surface area contributed by atoms with Gasteiger partial charge >= 0.3 is 0 Å². The second-order valence-electron chi connectivity index (χ2n) is 15.2. The molecular formula is C30H50O4. The topological polar surface area (TPSA) is 80.9 Å². The van der Waals surface area contributed by atoms with Gasteiger partial charge in [0.05, 0.1) is 24.9 Å². The molecule has 0 aromatic heterocycles. The first-order valence-corrected chi connectivity index (χ1v) is 14.0. The maximum atomic E-state index is 11.3. The second-order valence-corrected chi connectivity index (χ2v) is 15.2. The number of fused-ring (bicyclic) bond motifs is 7. The Morgan fingerprint density at radius 2 is 1.47 bits per heavy atom. The molecule has 0 amide bonds. The summed E-state index contributed by atoms with van der Waals surface area (Å²) in [5, 5.41) is 43.6. The van der Waals surface area contributed by atoms with Crippen LogP contribution in [0.4, 0.5) is 0 Å². The minimum Gasteiger partial charge on any atom is -0.396 e. The summed E-state index contributed by atoms with van der Waals surface area (Å²) in [5.41, 5.74) is 0.920. The van der Waals surface area contributed by atoms with E-state index >= 15 is 0 Å². The van der Waals surface area contributed by atoms with Gasteiger partial charge in [-0.3, -0.25) is 0 Å². The fourth-order valence-corrected chi connectivity index (χ4v) is 10.7. The molecule has 5 aliphatic carbocycles. The van der Waals surface area contributed by atoms with Crippen LogP contribution < -0.4 is 0 Å². The highest BCUT2D eigenvalue weighted by molar-refractivity contribution is 5.34. The van der Waals surface area contributed by atoms with E-state index in [1.54, 1.807) is 5.57 Å². The van der Waals surface area contributed by atoms with Crippen LogP contribution in [0.3, 0.4) is 0 Å². The molecule has 194 valence electrons. The maximum absolute atomic E-state index is 11.3. The smallest absolute Gasteiger partial charge is 0.0863 e. The quantitative estimate of drug-likeness (QED) is 0.399. The van der Waals surface area contributed by atoms with Gasteiger partial charge in [0.25, 0.3) is 0 Å². The summed E-state index contributed by atoms with van der Waals surface area (Å²) in [6.45, 7) is 16.2. The van der Waals surface area contributed by atoms with E-state index in [0.717, 1.165) is 51.4 Å². The lowest BCUT2D eigenvalue weighted by atomic mass is 9.33. The SMILES string of the molecule is CC1(C)C[C@H]2C3=CCC4[C@@]5(C)CC[C@H](O)[C@](C)(CO)C5CC[C@@]4(C)C3(C)CC[C@@]2(C)C(O)C1O. The standard InChI is InChI=1S/C30H50O4/c1-25(2)16-19-18-8-9-21-27(4)12-11-22(32)28(5,17-31)20(27)10-13-30(21,7)29(18,6)15-14-26(19,3)24(34)23(25)33/h8,19-24,31-34H,9-17H2,1-7H3/t19-,20?,21?,22-,23?,24?,26+,27-,28+,29?,30+/m0/s1. The van der Waals surface area contributed by atoms with Crippen LogP contribution in [-0.2, 0) is 0 Å². The Morgan fingerprint density at radius 1 is 0.794 bits per heavy atom. The van der Waals surface area contributed by atoms with E-state index in [0.29, 0.717) is 17.8 Å². The van der Waals surface area contributed by atoms with Gasteiger partial charge in [-0.05, 0) is 90.8 Å². The lowest BCUT2D eigenvalue weighted by molar-refractivity contribution is -0.225. The molecule has 5 aliphatic rings. The third-order valence-corrected chi connectivity index (χ3v) is 13.5. The molecule has 0 aliphatic heterocycles. The number of aliphatic hydroxyl groups excluding tert-OH is 4. The average Bonchev–Trinajstić information content (AvgIpc) is 2.77. The number of rotatable bonds is 1. The van der Waals surface area contributed by atoms with Crippen LogP contribution in [0.1, 0.15) is 99.8 Å². The zero-order chi connectivity index (χ0) is 25.1. The molecular weight excluding hydrogens is 424 g/mol. The van der Waals surface area contributed by atoms with Gasteiger partial charge in [-0.25, -0.2) is 0 Å². The normalized spacial score (nSPS) is 58.6. The molecule has 5 unspecified atom stereocenters. The van der Waals surface area contributed by atoms with E-state index in [1.807, 2.05) is 0 Å². The van der Waals surface area contributed by atoms with Crippen molar-refractivity contribution < 1.29 is 20.4 Å². The molecule has 4 nitrogen and oxygen atoms in total. The van der Waals surface area contributed by atoms with Crippen molar-refractivity contribution in [2.45, 2.75) is 118 Å². The molecule has 4 saturated carbocycles. The molecule has 0 aromatic carbocycles. The Labute approximate surface area is 207 Å². The molecule has 11 atom stereocenters. The lowest BCUT2D eigenvalue weighted by Gasteiger charge is -2.72. The van der Waals surface area contributed by atoms with Gasteiger partial charge in [0.1, 0.15) is 0 Å². The highest BCUT2D eigenvalue weighted by atomic mass is 16.3. The van der Waals surface area contributed by atoms with Crippen molar-refractivity contribution >= 4 is 0 Å². The molecule has 34 heavy (non-hydrogen) atoms. The highest BCUT2D eigenvalue weighted by Crippen LogP contribution is 2.75. The van der Waals surface area contributed by atoms with Gasteiger partial charge in [0.15, 0.2) is 0 Å². The predicted octanol–water partition coefficient (Wildman–Crippen LogP) is 5.08. The van der Waals surface area contributed by atoms with Crippen LogP contribution in [0.15, 0.2) is 11.6 Å². The summed E-state index contributed by atoms with van der Waals surface area (Å²) >= 11 is 0. The van der Waals surface area contributed by atoms with Crippen LogP contribution in [0.2, 0.25) is 0 Å². The fraction of sp³-hybridized carbons (Fsp3) is 0.933. The van der Waals surface area contributed by atoms with E-state index < -0.39 is 23.7 Å². The van der Waals surface area contributed by atoms with E-state index in [9.17, 15) is 20.4 Å². The summed E-state index contributed by atoms with van der Waals surface area (Å²) in [6, 6.07) is 0. The maximum Gasteiger partial charge on any atom is 0.0863 e. The molecule has 0 spiro atoms. The predicted molar refractivity (Wildman–Crippen MR) is 135 cm³/mol. The molecule has 0 heterocycles. The first-order valence-electron chi connectivity index (χ1n) is 14.0. The van der Waals surface area contributed by atoms with Gasteiger partial charge < -0.3 is 20.4 Å². The minimum atomic E-state index is -0.685. The average molecular weight is 475 g/mol. The van der Waals surface area contributed by atoms with Crippen LogP contribution >= 0.6 is 0 Å². The van der Waals surface area contributed by atoms with Crippen molar-refractivity contribution in [3.63, 3.8) is 0 Å². The van der Waals surface area contributed by atoms with Gasteiger partial charge in [0, 0.05) is 10.8 Å². The lowest BCUT2D eigenvalue weighted by Crippen LogP contribution is -2.67. The Hall–Kier alpha value is -0.420. The fourth-order valence-electron chi connectivity index (χ4n) is 10.7. The summed E-state index contributed by atoms with van der Waals surface area (Å²) in [5.74, 6) is 1.17. The second kappa shape index (κ2) is 7.33.